The van der Waals surface area contributed by atoms with Crippen molar-refractivity contribution in [3.63, 3.8) is 0 Å². The molecule has 17 heavy (non-hydrogen) atoms. The van der Waals surface area contributed by atoms with Crippen LogP contribution < -0.4 is 11.1 Å². The predicted molar refractivity (Wildman–Crippen MR) is 65.8 cm³/mol. The third-order valence-electron chi connectivity index (χ3n) is 2.96. The molecule has 1 aliphatic rings. The number of carbonyl (C=O) groups is 1. The minimum absolute atomic E-state index is 0.0177. The van der Waals surface area contributed by atoms with E-state index in [4.69, 9.17) is 5.73 Å². The molecule has 1 aliphatic heterocycles. The van der Waals surface area contributed by atoms with Crippen LogP contribution in [0.5, 0.6) is 0 Å². The molecule has 1 amide bonds. The Bertz CT molecular complexity index is 406. The molecule has 3 N–H and O–H groups in total. The number of amides is 1. The summed E-state index contributed by atoms with van der Waals surface area (Å²) in [5, 5.41) is 7.37. The average Bonchev–Trinajstić information content (AvgIpc) is 2.71. The number of nitrogens with zero attached hydrogens (tertiary/aromatic N) is 3. The number of nitrogens with one attached hydrogen (secondary N) is 1. The largest absolute Gasteiger partial charge is 0.383 e. The fourth-order valence-electron chi connectivity index (χ4n) is 1.99. The molecule has 0 saturated carbocycles. The molecule has 1 fully saturated rings. The second-order valence-corrected chi connectivity index (χ2v) is 4.52. The zero-order valence-electron chi connectivity index (χ0n) is 10.3. The number of carbonyl (C=O) groups excluding carboxylic acids is 1. The standard InChI is InChI=1S/C11H19N5O/c1-8(2)16-10(12)9(7-14-16)11(17)15-5-3-13-4-6-15/h7-8,13H,3-6,12H2,1-2H3. The Hall–Kier alpha value is -1.56. The molecule has 94 valence electrons. The lowest BCUT2D eigenvalue weighted by Crippen LogP contribution is -2.46. The van der Waals surface area contributed by atoms with Crippen LogP contribution in [0.2, 0.25) is 0 Å². The SMILES string of the molecule is CC(C)n1ncc(C(=O)N2CCNCC2)c1N. The van der Waals surface area contributed by atoms with Crippen molar-refractivity contribution >= 4 is 11.7 Å². The Morgan fingerprint density at radius 3 is 2.65 bits per heavy atom. The third kappa shape index (κ3) is 2.26. The lowest BCUT2D eigenvalue weighted by molar-refractivity contribution is 0.0737. The summed E-state index contributed by atoms with van der Waals surface area (Å²) >= 11 is 0. The molecule has 0 aliphatic carbocycles. The van der Waals surface area contributed by atoms with Gasteiger partial charge >= 0.3 is 0 Å². The van der Waals surface area contributed by atoms with Crippen LogP contribution in [0.1, 0.15) is 30.2 Å². The van der Waals surface area contributed by atoms with Crippen LogP contribution in [-0.2, 0) is 0 Å². The third-order valence-corrected chi connectivity index (χ3v) is 2.96. The van der Waals surface area contributed by atoms with Gasteiger partial charge in [-0.1, -0.05) is 0 Å². The zero-order valence-corrected chi connectivity index (χ0v) is 10.3. The van der Waals surface area contributed by atoms with Gasteiger partial charge in [-0.2, -0.15) is 5.10 Å². The Morgan fingerprint density at radius 2 is 2.12 bits per heavy atom. The van der Waals surface area contributed by atoms with Crippen molar-refractivity contribution < 1.29 is 4.79 Å². The van der Waals surface area contributed by atoms with Crippen LogP contribution in [0.4, 0.5) is 5.82 Å². The highest BCUT2D eigenvalue weighted by molar-refractivity contribution is 5.98. The van der Waals surface area contributed by atoms with Gasteiger partial charge in [-0.05, 0) is 13.8 Å². The Kier molecular flexibility index (Phi) is 3.33. The maximum Gasteiger partial charge on any atom is 0.259 e. The molecular weight excluding hydrogens is 218 g/mol. The molecule has 0 aromatic carbocycles. The number of hydrogen-bond acceptors (Lipinski definition) is 4. The van der Waals surface area contributed by atoms with Crippen LogP contribution in [0, 0.1) is 0 Å². The molecule has 6 heteroatoms. The van der Waals surface area contributed by atoms with Crippen molar-refractivity contribution in [2.45, 2.75) is 19.9 Å². The first-order valence-electron chi connectivity index (χ1n) is 5.94. The van der Waals surface area contributed by atoms with Crippen molar-refractivity contribution in [1.29, 1.82) is 0 Å². The minimum atomic E-state index is -0.0177. The lowest BCUT2D eigenvalue weighted by Gasteiger charge is -2.27. The van der Waals surface area contributed by atoms with E-state index in [1.54, 1.807) is 10.9 Å². The molecule has 0 spiro atoms. The van der Waals surface area contributed by atoms with Gasteiger partial charge in [-0.25, -0.2) is 4.68 Å². The highest BCUT2D eigenvalue weighted by Gasteiger charge is 2.23. The normalized spacial score (nSPS) is 16.5. The summed E-state index contributed by atoms with van der Waals surface area (Å²) in [7, 11) is 0. The number of anilines is 1. The van der Waals surface area contributed by atoms with Gasteiger partial charge in [0, 0.05) is 32.2 Å². The molecule has 0 bridgehead atoms. The van der Waals surface area contributed by atoms with Gasteiger partial charge in [0.05, 0.1) is 6.20 Å². The fourth-order valence-corrected chi connectivity index (χ4v) is 1.99. The maximum atomic E-state index is 12.2. The molecule has 0 atom stereocenters. The summed E-state index contributed by atoms with van der Waals surface area (Å²) in [5.41, 5.74) is 6.46. The van der Waals surface area contributed by atoms with Gasteiger partial charge in [-0.3, -0.25) is 4.79 Å². The quantitative estimate of drug-likeness (QED) is 0.764. The van der Waals surface area contributed by atoms with E-state index in [1.807, 2.05) is 18.7 Å². The number of aromatic nitrogens is 2. The van der Waals surface area contributed by atoms with Crippen molar-refractivity contribution in [1.82, 2.24) is 20.0 Å². The average molecular weight is 237 g/mol. The highest BCUT2D eigenvalue weighted by atomic mass is 16.2. The van der Waals surface area contributed by atoms with Crippen molar-refractivity contribution in [3.05, 3.63) is 11.8 Å². The zero-order chi connectivity index (χ0) is 12.4. The van der Waals surface area contributed by atoms with Gasteiger partial charge in [0.15, 0.2) is 0 Å². The van der Waals surface area contributed by atoms with Gasteiger partial charge in [0.2, 0.25) is 0 Å². The second kappa shape index (κ2) is 4.75. The van der Waals surface area contributed by atoms with E-state index in [0.29, 0.717) is 11.4 Å². The summed E-state index contributed by atoms with van der Waals surface area (Å²) in [6.07, 6.45) is 1.57. The van der Waals surface area contributed by atoms with Gasteiger partial charge in [0.25, 0.3) is 5.91 Å². The second-order valence-electron chi connectivity index (χ2n) is 4.52. The van der Waals surface area contributed by atoms with Crippen molar-refractivity contribution in [2.75, 3.05) is 31.9 Å². The van der Waals surface area contributed by atoms with E-state index in [-0.39, 0.29) is 11.9 Å². The first-order chi connectivity index (χ1) is 8.11. The summed E-state index contributed by atoms with van der Waals surface area (Å²) in [6.45, 7) is 7.11. The first-order valence-corrected chi connectivity index (χ1v) is 5.94. The topological polar surface area (TPSA) is 76.2 Å². The van der Waals surface area contributed by atoms with Crippen LogP contribution in [0.25, 0.3) is 0 Å². The Morgan fingerprint density at radius 1 is 1.47 bits per heavy atom. The first kappa shape index (κ1) is 11.9. The number of piperazine rings is 1. The van der Waals surface area contributed by atoms with Gasteiger partial charge in [-0.15, -0.1) is 0 Å². The molecule has 0 unspecified atom stereocenters. The molecule has 1 aromatic rings. The van der Waals surface area contributed by atoms with Crippen LogP contribution in [-0.4, -0.2) is 46.8 Å². The van der Waals surface area contributed by atoms with E-state index in [1.165, 1.54) is 0 Å². The predicted octanol–water partition coefficient (Wildman–Crippen LogP) is 0.0916. The van der Waals surface area contributed by atoms with E-state index >= 15 is 0 Å². The van der Waals surface area contributed by atoms with Gasteiger partial charge in [0.1, 0.15) is 11.4 Å². The monoisotopic (exact) mass is 237 g/mol. The van der Waals surface area contributed by atoms with E-state index in [2.05, 4.69) is 10.4 Å². The van der Waals surface area contributed by atoms with Crippen LogP contribution >= 0.6 is 0 Å². The Balaban J connectivity index is 2.19. The van der Waals surface area contributed by atoms with E-state index in [0.717, 1.165) is 26.2 Å². The van der Waals surface area contributed by atoms with E-state index < -0.39 is 0 Å². The summed E-state index contributed by atoms with van der Waals surface area (Å²) in [4.78, 5) is 14.0. The minimum Gasteiger partial charge on any atom is -0.383 e. The molecule has 6 nitrogen and oxygen atoms in total. The van der Waals surface area contributed by atoms with Gasteiger partial charge < -0.3 is 16.0 Å². The Labute approximate surface area is 101 Å². The maximum absolute atomic E-state index is 12.2. The van der Waals surface area contributed by atoms with Crippen molar-refractivity contribution in [2.24, 2.45) is 0 Å². The molecule has 2 rings (SSSR count). The van der Waals surface area contributed by atoms with Crippen LogP contribution in [0.3, 0.4) is 0 Å². The summed E-state index contributed by atoms with van der Waals surface area (Å²) in [6, 6.07) is 0.166. The number of nitrogens with two attached hydrogens (primary N) is 1. The summed E-state index contributed by atoms with van der Waals surface area (Å²) in [5.74, 6) is 0.444. The number of rotatable bonds is 2. The van der Waals surface area contributed by atoms with Crippen molar-refractivity contribution in [3.8, 4) is 0 Å². The van der Waals surface area contributed by atoms with Crippen LogP contribution in [0.15, 0.2) is 6.20 Å². The fraction of sp³-hybridized carbons (Fsp3) is 0.636. The summed E-state index contributed by atoms with van der Waals surface area (Å²) < 4.78 is 1.68. The molecule has 2 heterocycles. The number of hydrogen-bond donors (Lipinski definition) is 2. The lowest BCUT2D eigenvalue weighted by atomic mass is 10.2. The molecule has 1 saturated heterocycles. The molecular formula is C11H19N5O. The smallest absolute Gasteiger partial charge is 0.259 e. The highest BCUT2D eigenvalue weighted by Crippen LogP contribution is 2.18. The molecule has 0 radical (unpaired) electrons. The molecule has 1 aromatic heterocycles. The number of nitrogen functional groups attached to an aromatic ring is 1. The van der Waals surface area contributed by atoms with E-state index in [9.17, 15) is 4.79 Å².